The Hall–Kier alpha value is -3.74. The van der Waals surface area contributed by atoms with Gasteiger partial charge >= 0.3 is 23.9 Å². The van der Waals surface area contributed by atoms with Crippen molar-refractivity contribution >= 4 is 36.3 Å². The first-order valence-electron chi connectivity index (χ1n) is 15.0. The SMILES string of the molecule is CC(=O)O.CCC(=O)O.CCCC(=O)O.NCCO.NCCO.NCCO.NCCO.NCCO.NCCO.NCCO.O=C(O)CC(=O)O.O=CO. The van der Waals surface area contributed by atoms with Gasteiger partial charge in [-0.3, -0.25) is 28.8 Å². The van der Waals surface area contributed by atoms with Gasteiger partial charge in [-0.25, -0.2) is 0 Å². The summed E-state index contributed by atoms with van der Waals surface area (Å²) in [4.78, 5) is 55.2. The zero-order valence-electron chi connectivity index (χ0n) is 31.1. The predicted molar refractivity (Wildman–Crippen MR) is 195 cm³/mol. The van der Waals surface area contributed by atoms with Gasteiger partial charge in [-0.05, 0) is 6.42 Å². The first-order chi connectivity index (χ1) is 24.7. The number of rotatable bonds is 12. The van der Waals surface area contributed by atoms with E-state index in [4.69, 9.17) is 116 Å². The molecule has 0 unspecified atom stereocenters. The van der Waals surface area contributed by atoms with Crippen LogP contribution in [0, 0.1) is 0 Å². The molecule has 0 bridgehead atoms. The van der Waals surface area contributed by atoms with E-state index in [-0.39, 0.29) is 59.1 Å². The number of carboxylic acids is 5. The minimum absolute atomic E-state index is 0.0972. The van der Waals surface area contributed by atoms with Gasteiger partial charge in [0.05, 0.1) is 46.2 Å². The number of aliphatic carboxylic acids is 5. The van der Waals surface area contributed by atoms with Gasteiger partial charge in [0.25, 0.3) is 12.4 Å². The van der Waals surface area contributed by atoms with Crippen molar-refractivity contribution in [2.45, 2.75) is 46.5 Å². The molecule has 0 saturated heterocycles. The van der Waals surface area contributed by atoms with E-state index >= 15 is 0 Å². The average molecular weight is 800 g/mol. The Morgan fingerprint density at radius 2 is 0.585 bits per heavy atom. The zero-order chi connectivity index (χ0) is 45.3. The molecule has 0 aromatic rings. The Kier molecular flexibility index (Phi) is 184. The van der Waals surface area contributed by atoms with E-state index in [2.05, 4.69) is 0 Å². The molecule has 0 fully saturated rings. The van der Waals surface area contributed by atoms with Crippen LogP contribution in [0.1, 0.15) is 46.5 Å². The molecule has 0 aliphatic heterocycles. The minimum Gasteiger partial charge on any atom is -0.483 e. The second-order valence-electron chi connectivity index (χ2n) is 7.07. The van der Waals surface area contributed by atoms with Crippen LogP contribution in [0.3, 0.4) is 0 Å². The molecule has 26 heteroatoms. The molecule has 0 radical (unpaired) electrons. The van der Waals surface area contributed by atoms with Gasteiger partial charge in [-0.1, -0.05) is 13.8 Å². The molecule has 0 aliphatic rings. The highest BCUT2D eigenvalue weighted by molar-refractivity contribution is 5.88. The molecule has 26 nitrogen and oxygen atoms in total. The fraction of sp³-hybridized carbons (Fsp3) is 0.778. The van der Waals surface area contributed by atoms with Crippen LogP contribution in [0.2, 0.25) is 0 Å². The Morgan fingerprint density at radius 1 is 0.453 bits per heavy atom. The third kappa shape index (κ3) is 687. The van der Waals surface area contributed by atoms with Gasteiger partial charge in [-0.15, -0.1) is 0 Å². The molecule has 27 N–H and O–H groups in total. The Balaban J connectivity index is -0.0000000348. The molecule has 0 aliphatic carbocycles. The molecule has 0 spiro atoms. The summed E-state index contributed by atoms with van der Waals surface area (Å²) in [5, 5.41) is 99.6. The summed E-state index contributed by atoms with van der Waals surface area (Å²) in [7, 11) is 0. The van der Waals surface area contributed by atoms with E-state index in [9.17, 15) is 19.2 Å². The summed E-state index contributed by atoms with van der Waals surface area (Å²) < 4.78 is 0. The highest BCUT2D eigenvalue weighted by Gasteiger charge is 2.01. The van der Waals surface area contributed by atoms with Gasteiger partial charge in [0, 0.05) is 65.6 Å². The maximum absolute atomic E-state index is 9.60. The monoisotopic (exact) mass is 799 g/mol. The summed E-state index contributed by atoms with van der Waals surface area (Å²) in [6, 6.07) is 0. The van der Waals surface area contributed by atoms with Gasteiger partial charge in [0.2, 0.25) is 0 Å². The van der Waals surface area contributed by atoms with Crippen LogP contribution in [0.25, 0.3) is 0 Å². The summed E-state index contributed by atoms with van der Waals surface area (Å²) in [6.07, 6.45) is 0.440. The van der Waals surface area contributed by atoms with Crippen LogP contribution in [-0.4, -0.2) is 195 Å². The van der Waals surface area contributed by atoms with E-state index in [0.29, 0.717) is 52.2 Å². The second-order valence-corrected chi connectivity index (χ2v) is 7.07. The van der Waals surface area contributed by atoms with Crippen LogP contribution >= 0.6 is 0 Å². The van der Waals surface area contributed by atoms with E-state index < -0.39 is 36.3 Å². The van der Waals surface area contributed by atoms with Crippen molar-refractivity contribution in [1.82, 2.24) is 0 Å². The lowest BCUT2D eigenvalue weighted by molar-refractivity contribution is -0.147. The van der Waals surface area contributed by atoms with E-state index in [1.54, 1.807) is 6.92 Å². The van der Waals surface area contributed by atoms with Crippen LogP contribution < -0.4 is 40.1 Å². The third-order valence-corrected chi connectivity index (χ3v) is 1.97. The largest absolute Gasteiger partial charge is 0.483 e. The van der Waals surface area contributed by atoms with Crippen molar-refractivity contribution in [2.75, 3.05) is 92.1 Å². The first-order valence-corrected chi connectivity index (χ1v) is 15.0. The fourth-order valence-corrected chi connectivity index (χ4v) is 0.343. The predicted octanol–water partition coefficient (Wildman–Crippen LogP) is -6.75. The summed E-state index contributed by atoms with van der Waals surface area (Å²) in [5.41, 5.74) is 33.4. The summed E-state index contributed by atoms with van der Waals surface area (Å²) in [5.74, 6) is -4.91. The van der Waals surface area contributed by atoms with E-state index in [1.165, 1.54) is 0 Å². The number of carboxylic acid groups (broad SMARTS) is 6. The van der Waals surface area contributed by atoms with Gasteiger partial charge < -0.3 is 107 Å². The molecule has 0 aromatic heterocycles. The minimum atomic E-state index is -1.31. The topological polar surface area (TPSA) is 548 Å². The molecule has 330 valence electrons. The fourth-order valence-electron chi connectivity index (χ4n) is 0.343. The number of carbonyl (C=O) groups is 6. The van der Waals surface area contributed by atoms with Crippen molar-refractivity contribution in [3.8, 4) is 0 Å². The zero-order valence-corrected chi connectivity index (χ0v) is 31.1. The smallest absolute Gasteiger partial charge is 0.314 e. The molecular weight excluding hydrogens is 726 g/mol. The molecule has 0 saturated carbocycles. The van der Waals surface area contributed by atoms with Gasteiger partial charge in [0.1, 0.15) is 6.42 Å². The molecule has 0 heterocycles. The molecule has 0 atom stereocenters. The van der Waals surface area contributed by atoms with Gasteiger partial charge in [-0.2, -0.15) is 0 Å². The highest BCUT2D eigenvalue weighted by Crippen LogP contribution is 1.82. The molecule has 0 amide bonds. The Morgan fingerprint density at radius 3 is 0.585 bits per heavy atom. The lowest BCUT2D eigenvalue weighted by Crippen LogP contribution is -2.03. The Labute approximate surface area is 310 Å². The van der Waals surface area contributed by atoms with Crippen molar-refractivity contribution in [2.24, 2.45) is 40.1 Å². The van der Waals surface area contributed by atoms with Crippen molar-refractivity contribution in [3.05, 3.63) is 0 Å². The summed E-state index contributed by atoms with van der Waals surface area (Å²) in [6.45, 7) is 7.58. The maximum Gasteiger partial charge on any atom is 0.314 e. The second kappa shape index (κ2) is 118. The highest BCUT2D eigenvalue weighted by atomic mass is 16.4. The van der Waals surface area contributed by atoms with Crippen molar-refractivity contribution < 1.29 is 95.2 Å². The number of hydrogen-bond donors (Lipinski definition) is 20. The lowest BCUT2D eigenvalue weighted by Gasteiger charge is -1.80. The van der Waals surface area contributed by atoms with Crippen LogP contribution in [0.4, 0.5) is 0 Å². The Bertz CT molecular complexity index is 562. The standard InChI is InChI=1S/C4H8O2.C3H4O4.C3H6O2.7C2H7NO.C2H4O2.CH2O2/c1-2-3-4(5)6;4-2(5)1-3(6)7;1-2-3(4)5;7*3-1-2-4;1-2(3)4;2-1-3/h2-3H2,1H3,(H,5,6);1H2,(H,4,5)(H,6,7);2H2,1H3,(H,4,5);7*4H,1-3H2;1H3,(H,3,4);1H,(H,2,3). The lowest BCUT2D eigenvalue weighted by atomic mass is 10.4. The molecule has 0 aromatic carbocycles. The average Bonchev–Trinajstić information content (AvgIpc) is 3.12. The van der Waals surface area contributed by atoms with Crippen molar-refractivity contribution in [1.29, 1.82) is 0 Å². The van der Waals surface area contributed by atoms with E-state index in [1.807, 2.05) is 6.92 Å². The first kappa shape index (κ1) is 82.6. The molecule has 53 heavy (non-hydrogen) atoms. The van der Waals surface area contributed by atoms with Crippen molar-refractivity contribution in [3.63, 3.8) is 0 Å². The number of aliphatic hydroxyl groups is 7. The van der Waals surface area contributed by atoms with Crippen LogP contribution in [0.5, 0.6) is 0 Å². The van der Waals surface area contributed by atoms with Crippen LogP contribution in [-0.2, 0) is 28.8 Å². The molecular formula is C27H73N7O19. The number of hydrogen-bond acceptors (Lipinski definition) is 20. The summed E-state index contributed by atoms with van der Waals surface area (Å²) >= 11 is 0. The number of aliphatic hydroxyl groups excluding tert-OH is 7. The van der Waals surface area contributed by atoms with Gasteiger partial charge in [0.15, 0.2) is 0 Å². The maximum atomic E-state index is 9.60. The molecule has 0 rings (SSSR count). The normalized spacial score (nSPS) is 7.34. The third-order valence-electron chi connectivity index (χ3n) is 1.97. The number of nitrogens with two attached hydrogens (primary N) is 7. The van der Waals surface area contributed by atoms with Crippen LogP contribution in [0.15, 0.2) is 0 Å². The quantitative estimate of drug-likeness (QED) is 0.0644. The van der Waals surface area contributed by atoms with E-state index in [0.717, 1.165) is 13.3 Å².